The van der Waals surface area contributed by atoms with Crippen molar-refractivity contribution >= 4 is 28.3 Å². The van der Waals surface area contributed by atoms with Crippen molar-refractivity contribution < 1.29 is 9.21 Å². The standard InChI is InChI=1S/C23H24N6O3/c1-4-28(5-2)16-12-11-15-13-18(23(31)32-20(15)14-16)22(30)24-19-10-8-7-9-17(19)21-25-27-29(6-3)26-21/h7-14H,4-6H2,1-3H3,(H,24,30). The lowest BCUT2D eigenvalue weighted by Crippen LogP contribution is -2.22. The van der Waals surface area contributed by atoms with Crippen molar-refractivity contribution in [1.82, 2.24) is 20.2 Å². The summed E-state index contributed by atoms with van der Waals surface area (Å²) in [6.45, 7) is 8.29. The van der Waals surface area contributed by atoms with Gasteiger partial charge in [0.15, 0.2) is 0 Å². The van der Waals surface area contributed by atoms with Crippen LogP contribution in [0.1, 0.15) is 31.1 Å². The second-order valence-corrected chi connectivity index (χ2v) is 7.14. The molecule has 0 saturated heterocycles. The molecule has 1 amide bonds. The minimum absolute atomic E-state index is 0.0759. The number of benzene rings is 2. The van der Waals surface area contributed by atoms with Gasteiger partial charge >= 0.3 is 5.63 Å². The van der Waals surface area contributed by atoms with E-state index in [2.05, 4.69) is 39.5 Å². The molecule has 32 heavy (non-hydrogen) atoms. The molecule has 0 aliphatic carbocycles. The van der Waals surface area contributed by atoms with E-state index in [4.69, 9.17) is 4.42 Å². The summed E-state index contributed by atoms with van der Waals surface area (Å²) in [6, 6.07) is 14.3. The van der Waals surface area contributed by atoms with E-state index in [-0.39, 0.29) is 5.56 Å². The molecule has 0 spiro atoms. The lowest BCUT2D eigenvalue weighted by Gasteiger charge is -2.21. The Bertz CT molecular complexity index is 1320. The van der Waals surface area contributed by atoms with Gasteiger partial charge in [0.05, 0.1) is 12.2 Å². The van der Waals surface area contributed by atoms with E-state index in [9.17, 15) is 9.59 Å². The highest BCUT2D eigenvalue weighted by atomic mass is 16.4. The molecular formula is C23H24N6O3. The van der Waals surface area contributed by atoms with Crippen molar-refractivity contribution in [3.05, 3.63) is 64.5 Å². The number of hydrogen-bond donors (Lipinski definition) is 1. The van der Waals surface area contributed by atoms with E-state index in [0.29, 0.717) is 34.6 Å². The zero-order chi connectivity index (χ0) is 22.7. The first kappa shape index (κ1) is 21.2. The molecule has 9 nitrogen and oxygen atoms in total. The van der Waals surface area contributed by atoms with Crippen LogP contribution in [0.2, 0.25) is 0 Å². The third-order valence-electron chi connectivity index (χ3n) is 5.24. The van der Waals surface area contributed by atoms with Gasteiger partial charge in [-0.2, -0.15) is 4.80 Å². The van der Waals surface area contributed by atoms with Crippen molar-refractivity contribution in [3.8, 4) is 11.4 Å². The molecule has 1 N–H and O–H groups in total. The normalized spacial score (nSPS) is 11.0. The molecular weight excluding hydrogens is 408 g/mol. The van der Waals surface area contributed by atoms with Crippen LogP contribution in [-0.4, -0.2) is 39.2 Å². The predicted molar refractivity (Wildman–Crippen MR) is 123 cm³/mol. The summed E-state index contributed by atoms with van der Waals surface area (Å²) >= 11 is 0. The van der Waals surface area contributed by atoms with Crippen LogP contribution in [0.15, 0.2) is 57.7 Å². The van der Waals surface area contributed by atoms with Crippen LogP contribution in [0.4, 0.5) is 11.4 Å². The Labute approximate surface area is 184 Å². The fourth-order valence-corrected chi connectivity index (χ4v) is 3.51. The van der Waals surface area contributed by atoms with Gasteiger partial charge in [0, 0.05) is 35.8 Å². The molecule has 4 rings (SSSR count). The molecule has 0 fully saturated rings. The maximum absolute atomic E-state index is 13.0. The molecule has 0 aliphatic heterocycles. The zero-order valence-electron chi connectivity index (χ0n) is 18.2. The Balaban J connectivity index is 1.66. The summed E-state index contributed by atoms with van der Waals surface area (Å²) in [5, 5.41) is 15.8. The number of hydrogen-bond acceptors (Lipinski definition) is 7. The summed E-state index contributed by atoms with van der Waals surface area (Å²) < 4.78 is 5.48. The van der Waals surface area contributed by atoms with Crippen molar-refractivity contribution in [2.24, 2.45) is 0 Å². The number of tetrazole rings is 1. The number of fused-ring (bicyclic) bond motifs is 1. The molecule has 0 atom stereocenters. The van der Waals surface area contributed by atoms with Gasteiger partial charge in [-0.25, -0.2) is 4.79 Å². The number of aryl methyl sites for hydroxylation is 1. The van der Waals surface area contributed by atoms with Crippen LogP contribution in [0.5, 0.6) is 0 Å². The maximum atomic E-state index is 13.0. The van der Waals surface area contributed by atoms with Crippen molar-refractivity contribution in [3.63, 3.8) is 0 Å². The van der Waals surface area contributed by atoms with E-state index in [1.165, 1.54) is 4.80 Å². The molecule has 2 aromatic heterocycles. The van der Waals surface area contributed by atoms with Gasteiger partial charge in [-0.15, -0.1) is 10.2 Å². The van der Waals surface area contributed by atoms with Crippen molar-refractivity contribution in [1.29, 1.82) is 0 Å². The third-order valence-corrected chi connectivity index (χ3v) is 5.24. The van der Waals surface area contributed by atoms with Gasteiger partial charge < -0.3 is 14.6 Å². The van der Waals surface area contributed by atoms with Crippen LogP contribution in [0.25, 0.3) is 22.4 Å². The maximum Gasteiger partial charge on any atom is 0.349 e. The minimum atomic E-state index is -0.695. The van der Waals surface area contributed by atoms with Gasteiger partial charge in [0.1, 0.15) is 11.1 Å². The highest BCUT2D eigenvalue weighted by Crippen LogP contribution is 2.26. The van der Waals surface area contributed by atoms with Crippen LogP contribution in [0.3, 0.4) is 0 Å². The molecule has 2 aromatic carbocycles. The highest BCUT2D eigenvalue weighted by Gasteiger charge is 2.18. The number of carbonyl (C=O) groups excluding carboxylic acids is 1. The largest absolute Gasteiger partial charge is 0.422 e. The lowest BCUT2D eigenvalue weighted by atomic mass is 10.1. The molecule has 0 bridgehead atoms. The monoisotopic (exact) mass is 432 g/mol. The summed E-state index contributed by atoms with van der Waals surface area (Å²) in [6.07, 6.45) is 0. The number of nitrogens with zero attached hydrogens (tertiary/aromatic N) is 5. The van der Waals surface area contributed by atoms with Gasteiger partial charge in [0.25, 0.3) is 5.91 Å². The molecule has 4 aromatic rings. The molecule has 0 aliphatic rings. The number of carbonyl (C=O) groups is 1. The number of para-hydroxylation sites is 1. The number of anilines is 2. The fraction of sp³-hybridized carbons (Fsp3) is 0.261. The Morgan fingerprint density at radius 3 is 2.59 bits per heavy atom. The topological polar surface area (TPSA) is 106 Å². The first-order valence-corrected chi connectivity index (χ1v) is 10.6. The summed E-state index contributed by atoms with van der Waals surface area (Å²) in [7, 11) is 0. The summed E-state index contributed by atoms with van der Waals surface area (Å²) in [5.74, 6) is -0.180. The van der Waals surface area contributed by atoms with Crippen LogP contribution in [-0.2, 0) is 6.54 Å². The first-order valence-electron chi connectivity index (χ1n) is 10.6. The first-order chi connectivity index (χ1) is 15.5. The zero-order valence-corrected chi connectivity index (χ0v) is 18.2. The second kappa shape index (κ2) is 9.01. The van der Waals surface area contributed by atoms with Crippen LogP contribution in [0, 0.1) is 0 Å². The third kappa shape index (κ3) is 4.09. The Morgan fingerprint density at radius 1 is 1.09 bits per heavy atom. The lowest BCUT2D eigenvalue weighted by molar-refractivity contribution is 0.102. The number of aromatic nitrogens is 4. The molecule has 164 valence electrons. The van der Waals surface area contributed by atoms with E-state index in [1.54, 1.807) is 24.3 Å². The summed E-state index contributed by atoms with van der Waals surface area (Å²) in [5.41, 5.74) is 1.72. The van der Waals surface area contributed by atoms with Crippen LogP contribution < -0.4 is 15.8 Å². The average Bonchev–Trinajstić information content (AvgIpc) is 3.29. The van der Waals surface area contributed by atoms with Crippen LogP contribution >= 0.6 is 0 Å². The van der Waals surface area contributed by atoms with Gasteiger partial charge in [0.2, 0.25) is 5.82 Å². The SMILES string of the molecule is CCN(CC)c1ccc2cc(C(=O)Nc3ccccc3-c3nnn(CC)n3)c(=O)oc2c1. The Hall–Kier alpha value is -4.01. The van der Waals surface area contributed by atoms with Gasteiger partial charge in [-0.1, -0.05) is 12.1 Å². The summed E-state index contributed by atoms with van der Waals surface area (Å²) in [4.78, 5) is 29.2. The molecule has 9 heteroatoms. The van der Waals surface area contributed by atoms with E-state index in [1.807, 2.05) is 31.2 Å². The average molecular weight is 432 g/mol. The number of amides is 1. The quantitative estimate of drug-likeness (QED) is 0.445. The van der Waals surface area contributed by atoms with Crippen molar-refractivity contribution in [2.45, 2.75) is 27.3 Å². The smallest absolute Gasteiger partial charge is 0.349 e. The van der Waals surface area contributed by atoms with E-state index in [0.717, 1.165) is 18.8 Å². The molecule has 0 unspecified atom stereocenters. The second-order valence-electron chi connectivity index (χ2n) is 7.14. The number of nitrogens with one attached hydrogen (secondary N) is 1. The number of rotatable bonds is 7. The van der Waals surface area contributed by atoms with Crippen molar-refractivity contribution in [2.75, 3.05) is 23.3 Å². The van der Waals surface area contributed by atoms with E-state index >= 15 is 0 Å². The molecule has 0 radical (unpaired) electrons. The Morgan fingerprint density at radius 2 is 1.88 bits per heavy atom. The van der Waals surface area contributed by atoms with Gasteiger partial charge in [-0.05, 0) is 56.3 Å². The predicted octanol–water partition coefficient (Wildman–Crippen LogP) is 3.56. The Kier molecular flexibility index (Phi) is 5.98. The highest BCUT2D eigenvalue weighted by molar-refractivity contribution is 6.07. The molecule has 0 saturated carbocycles. The fourth-order valence-electron chi connectivity index (χ4n) is 3.51. The minimum Gasteiger partial charge on any atom is -0.422 e. The molecule has 2 heterocycles. The van der Waals surface area contributed by atoms with E-state index < -0.39 is 11.5 Å². The van der Waals surface area contributed by atoms with Gasteiger partial charge in [-0.3, -0.25) is 4.79 Å².